The number of ketones is 1. The molecule has 146 valence electrons. The maximum atomic E-state index is 12.6. The number of carbonyl (C=O) groups is 1. The standard InChI is InChI=1S/C21H20O7/c1-25-18-8-13(9-19(26-2)21(18)27-3)17-10-16(24)15-6-4-5-12(20(15)28-17)7-14(23)11-22/h4-6,8-10,22H,7,11H2,1-3H3. The van der Waals surface area contributed by atoms with E-state index in [1.807, 2.05) is 0 Å². The molecule has 0 aliphatic heterocycles. The van der Waals surface area contributed by atoms with Gasteiger partial charge in [-0.15, -0.1) is 0 Å². The van der Waals surface area contributed by atoms with Crippen molar-refractivity contribution in [2.24, 2.45) is 0 Å². The van der Waals surface area contributed by atoms with Crippen LogP contribution in [0.2, 0.25) is 0 Å². The lowest BCUT2D eigenvalue weighted by molar-refractivity contribution is -0.121. The molecular formula is C21H20O7. The Balaban J connectivity index is 2.23. The number of hydrogen-bond donors (Lipinski definition) is 1. The minimum Gasteiger partial charge on any atom is -0.493 e. The Morgan fingerprint density at radius 2 is 1.71 bits per heavy atom. The minimum atomic E-state index is -0.576. The van der Waals surface area contributed by atoms with Gasteiger partial charge in [0.25, 0.3) is 0 Å². The van der Waals surface area contributed by atoms with Crippen LogP contribution in [0.5, 0.6) is 17.2 Å². The van der Waals surface area contributed by atoms with E-state index in [4.69, 9.17) is 23.7 Å². The molecule has 28 heavy (non-hydrogen) atoms. The third-order valence-electron chi connectivity index (χ3n) is 4.35. The van der Waals surface area contributed by atoms with Crippen LogP contribution in [0.3, 0.4) is 0 Å². The Kier molecular flexibility index (Phi) is 5.65. The lowest BCUT2D eigenvalue weighted by atomic mass is 10.0. The summed E-state index contributed by atoms with van der Waals surface area (Å²) in [6, 6.07) is 9.73. The number of Topliss-reactive ketones (excluding diaryl/α,β-unsaturated/α-hetero) is 1. The van der Waals surface area contributed by atoms with Gasteiger partial charge < -0.3 is 23.7 Å². The van der Waals surface area contributed by atoms with Gasteiger partial charge in [-0.3, -0.25) is 9.59 Å². The van der Waals surface area contributed by atoms with Crippen LogP contribution in [0.25, 0.3) is 22.3 Å². The van der Waals surface area contributed by atoms with Gasteiger partial charge in [0.15, 0.2) is 22.7 Å². The second kappa shape index (κ2) is 8.14. The zero-order valence-electron chi connectivity index (χ0n) is 15.8. The first-order valence-electron chi connectivity index (χ1n) is 8.51. The molecule has 0 saturated carbocycles. The number of aliphatic hydroxyl groups is 1. The monoisotopic (exact) mass is 384 g/mol. The number of carbonyl (C=O) groups excluding carboxylic acids is 1. The Hall–Kier alpha value is -3.32. The molecule has 0 atom stereocenters. The van der Waals surface area contributed by atoms with Gasteiger partial charge in [0.05, 0.1) is 26.7 Å². The number of methoxy groups -OCH3 is 3. The van der Waals surface area contributed by atoms with Gasteiger partial charge in [0.2, 0.25) is 5.75 Å². The smallest absolute Gasteiger partial charge is 0.203 e. The van der Waals surface area contributed by atoms with Crippen molar-refractivity contribution < 1.29 is 28.5 Å². The average Bonchev–Trinajstić information content (AvgIpc) is 2.72. The molecule has 1 aromatic heterocycles. The SMILES string of the molecule is COc1cc(-c2cc(=O)c3cccc(CC(=O)CO)c3o2)cc(OC)c1OC. The number of benzene rings is 2. The molecule has 0 radical (unpaired) electrons. The van der Waals surface area contributed by atoms with Crippen LogP contribution in [0.4, 0.5) is 0 Å². The number of fused-ring (bicyclic) bond motifs is 1. The highest BCUT2D eigenvalue weighted by Crippen LogP contribution is 2.41. The summed E-state index contributed by atoms with van der Waals surface area (Å²) in [5, 5.41) is 9.40. The average molecular weight is 384 g/mol. The predicted molar refractivity (Wildman–Crippen MR) is 103 cm³/mol. The normalized spacial score (nSPS) is 10.7. The van der Waals surface area contributed by atoms with Gasteiger partial charge in [0.1, 0.15) is 18.0 Å². The zero-order chi connectivity index (χ0) is 20.3. The van der Waals surface area contributed by atoms with E-state index in [1.165, 1.54) is 27.4 Å². The lowest BCUT2D eigenvalue weighted by Gasteiger charge is -2.14. The van der Waals surface area contributed by atoms with Crippen LogP contribution >= 0.6 is 0 Å². The highest BCUT2D eigenvalue weighted by atomic mass is 16.5. The van der Waals surface area contributed by atoms with Crippen molar-refractivity contribution in [3.8, 4) is 28.6 Å². The Morgan fingerprint density at radius 1 is 1.04 bits per heavy atom. The number of ether oxygens (including phenoxy) is 3. The first-order valence-corrected chi connectivity index (χ1v) is 8.51. The molecule has 0 bridgehead atoms. The Bertz CT molecular complexity index is 1060. The zero-order valence-corrected chi connectivity index (χ0v) is 15.8. The fourth-order valence-corrected chi connectivity index (χ4v) is 3.01. The summed E-state index contributed by atoms with van der Waals surface area (Å²) in [4.78, 5) is 24.3. The van der Waals surface area contributed by atoms with E-state index in [2.05, 4.69) is 0 Å². The quantitative estimate of drug-likeness (QED) is 0.669. The van der Waals surface area contributed by atoms with Crippen LogP contribution in [0.15, 0.2) is 45.6 Å². The molecule has 3 rings (SSSR count). The van der Waals surface area contributed by atoms with Gasteiger partial charge in [0, 0.05) is 23.6 Å². The van der Waals surface area contributed by atoms with Crippen molar-refractivity contribution in [3.63, 3.8) is 0 Å². The number of para-hydroxylation sites is 1. The van der Waals surface area contributed by atoms with E-state index in [9.17, 15) is 9.59 Å². The van der Waals surface area contributed by atoms with Crippen molar-refractivity contribution in [3.05, 3.63) is 52.2 Å². The molecule has 0 fully saturated rings. The molecule has 7 nitrogen and oxygen atoms in total. The fourth-order valence-electron chi connectivity index (χ4n) is 3.01. The molecule has 0 spiro atoms. The van der Waals surface area contributed by atoms with Crippen molar-refractivity contribution >= 4 is 16.8 Å². The van der Waals surface area contributed by atoms with Crippen molar-refractivity contribution in [2.75, 3.05) is 27.9 Å². The molecule has 0 saturated heterocycles. The number of rotatable bonds is 7. The third-order valence-corrected chi connectivity index (χ3v) is 4.35. The molecule has 0 aliphatic carbocycles. The molecular weight excluding hydrogens is 364 g/mol. The summed E-state index contributed by atoms with van der Waals surface area (Å²) < 4.78 is 22.0. The summed E-state index contributed by atoms with van der Waals surface area (Å²) in [5.74, 6) is 1.19. The molecule has 3 aromatic rings. The van der Waals surface area contributed by atoms with E-state index in [1.54, 1.807) is 30.3 Å². The van der Waals surface area contributed by atoms with Crippen LogP contribution in [-0.4, -0.2) is 38.8 Å². The summed E-state index contributed by atoms with van der Waals surface area (Å²) >= 11 is 0. The van der Waals surface area contributed by atoms with Crippen molar-refractivity contribution in [2.45, 2.75) is 6.42 Å². The second-order valence-electron chi connectivity index (χ2n) is 6.06. The van der Waals surface area contributed by atoms with E-state index in [-0.39, 0.29) is 17.6 Å². The van der Waals surface area contributed by atoms with Crippen molar-refractivity contribution in [1.82, 2.24) is 0 Å². The van der Waals surface area contributed by atoms with E-state index < -0.39 is 6.61 Å². The molecule has 1 N–H and O–H groups in total. The van der Waals surface area contributed by atoms with E-state index >= 15 is 0 Å². The third kappa shape index (κ3) is 3.57. The topological polar surface area (TPSA) is 95.2 Å². The van der Waals surface area contributed by atoms with E-state index in [0.29, 0.717) is 45.1 Å². The van der Waals surface area contributed by atoms with Crippen molar-refractivity contribution in [1.29, 1.82) is 0 Å². The first-order chi connectivity index (χ1) is 13.5. The Morgan fingerprint density at radius 3 is 2.29 bits per heavy atom. The van der Waals surface area contributed by atoms with Crippen LogP contribution < -0.4 is 19.6 Å². The number of aliphatic hydroxyl groups excluding tert-OH is 1. The lowest BCUT2D eigenvalue weighted by Crippen LogP contribution is -2.09. The molecule has 0 aliphatic rings. The van der Waals surface area contributed by atoms with Gasteiger partial charge in [-0.05, 0) is 18.2 Å². The second-order valence-corrected chi connectivity index (χ2v) is 6.06. The maximum absolute atomic E-state index is 12.6. The highest BCUT2D eigenvalue weighted by Gasteiger charge is 2.17. The Labute approximate surface area is 161 Å². The van der Waals surface area contributed by atoms with E-state index in [0.717, 1.165) is 0 Å². The van der Waals surface area contributed by atoms with Crippen LogP contribution in [0.1, 0.15) is 5.56 Å². The first kappa shape index (κ1) is 19.4. The summed E-state index contributed by atoms with van der Waals surface area (Å²) in [7, 11) is 4.49. The van der Waals surface area contributed by atoms with Gasteiger partial charge in [-0.2, -0.15) is 0 Å². The largest absolute Gasteiger partial charge is 0.493 e. The van der Waals surface area contributed by atoms with Gasteiger partial charge in [-0.25, -0.2) is 0 Å². The number of hydrogen-bond acceptors (Lipinski definition) is 7. The molecule has 1 heterocycles. The minimum absolute atomic E-state index is 0.0323. The fraction of sp³-hybridized carbons (Fsp3) is 0.238. The van der Waals surface area contributed by atoms with Gasteiger partial charge >= 0.3 is 0 Å². The predicted octanol–water partition coefficient (Wildman–Crippen LogP) is 2.59. The van der Waals surface area contributed by atoms with Crippen LogP contribution in [0, 0.1) is 0 Å². The maximum Gasteiger partial charge on any atom is 0.203 e. The molecule has 7 heteroatoms. The summed E-state index contributed by atoms with van der Waals surface area (Å²) in [5.41, 5.74) is 1.14. The highest BCUT2D eigenvalue weighted by molar-refractivity contribution is 5.88. The molecule has 2 aromatic carbocycles. The van der Waals surface area contributed by atoms with Crippen LogP contribution in [-0.2, 0) is 11.2 Å². The molecule has 0 unspecified atom stereocenters. The summed E-state index contributed by atoms with van der Waals surface area (Å²) in [6.07, 6.45) is -0.0323. The molecule has 0 amide bonds. The van der Waals surface area contributed by atoms with Gasteiger partial charge in [-0.1, -0.05) is 12.1 Å². The summed E-state index contributed by atoms with van der Waals surface area (Å²) in [6.45, 7) is -0.576.